The lowest BCUT2D eigenvalue weighted by Crippen LogP contribution is -2.52. The summed E-state index contributed by atoms with van der Waals surface area (Å²) in [5.74, 6) is -0.373. The van der Waals surface area contributed by atoms with Gasteiger partial charge in [0.25, 0.3) is 0 Å². The minimum absolute atomic E-state index is 0.0800. The number of para-hydroxylation sites is 1. The Hall–Kier alpha value is -2.77. The minimum atomic E-state index is -0.332. The molecule has 160 valence electrons. The number of hydrogen-bond donors (Lipinski definition) is 1. The number of carbonyl (C=O) groups excluding carboxylic acids is 2. The molecule has 2 amide bonds. The van der Waals surface area contributed by atoms with Gasteiger partial charge in [-0.25, -0.2) is 4.39 Å². The topological polar surface area (TPSA) is 55.9 Å². The van der Waals surface area contributed by atoms with Crippen molar-refractivity contribution < 1.29 is 14.0 Å². The molecule has 1 fully saturated rings. The van der Waals surface area contributed by atoms with Crippen molar-refractivity contribution in [2.75, 3.05) is 49.5 Å². The van der Waals surface area contributed by atoms with Crippen LogP contribution in [0, 0.1) is 5.82 Å². The lowest BCUT2D eigenvalue weighted by molar-refractivity contribution is -0.121. The van der Waals surface area contributed by atoms with E-state index in [4.69, 9.17) is 0 Å². The highest BCUT2D eigenvalue weighted by Gasteiger charge is 2.24. The molecule has 0 saturated carbocycles. The van der Waals surface area contributed by atoms with E-state index in [0.29, 0.717) is 12.2 Å². The van der Waals surface area contributed by atoms with Crippen LogP contribution in [0.25, 0.3) is 0 Å². The number of amides is 2. The Labute approximate surface area is 177 Å². The lowest BCUT2D eigenvalue weighted by Gasteiger charge is -2.35. The van der Waals surface area contributed by atoms with Gasteiger partial charge >= 0.3 is 0 Å². The van der Waals surface area contributed by atoms with Crippen LogP contribution in [0.4, 0.5) is 15.8 Å². The summed E-state index contributed by atoms with van der Waals surface area (Å²) in [6.45, 7) is 7.58. The first-order valence-corrected chi connectivity index (χ1v) is 10.3. The van der Waals surface area contributed by atoms with E-state index in [-0.39, 0.29) is 30.2 Å². The summed E-state index contributed by atoms with van der Waals surface area (Å²) in [5, 5.41) is 2.78. The predicted molar refractivity (Wildman–Crippen MR) is 117 cm³/mol. The molecule has 0 aromatic heterocycles. The first-order valence-electron chi connectivity index (χ1n) is 10.3. The van der Waals surface area contributed by atoms with Gasteiger partial charge in [0, 0.05) is 43.6 Å². The van der Waals surface area contributed by atoms with Crippen LogP contribution in [-0.4, -0.2) is 66.9 Å². The molecule has 7 heteroatoms. The number of nitrogens with one attached hydrogen (secondary N) is 1. The highest BCUT2D eigenvalue weighted by atomic mass is 19.1. The predicted octanol–water partition coefficient (Wildman–Crippen LogP) is 2.82. The summed E-state index contributed by atoms with van der Waals surface area (Å²) in [4.78, 5) is 31.2. The van der Waals surface area contributed by atoms with Crippen LogP contribution in [0.1, 0.15) is 13.8 Å². The Morgan fingerprint density at radius 1 is 0.933 bits per heavy atom. The van der Waals surface area contributed by atoms with Gasteiger partial charge in [0.15, 0.2) is 0 Å². The molecule has 1 aliphatic rings. The van der Waals surface area contributed by atoms with Gasteiger partial charge in [0.05, 0.1) is 13.1 Å². The van der Waals surface area contributed by atoms with E-state index in [1.54, 1.807) is 12.1 Å². The molecular weight excluding hydrogens is 383 g/mol. The summed E-state index contributed by atoms with van der Waals surface area (Å²) in [6, 6.07) is 15.5. The number of halogens is 1. The number of anilines is 2. The number of carbonyl (C=O) groups is 2. The van der Waals surface area contributed by atoms with Gasteiger partial charge in [0.1, 0.15) is 5.82 Å². The van der Waals surface area contributed by atoms with Crippen molar-refractivity contribution in [3.8, 4) is 0 Å². The van der Waals surface area contributed by atoms with Crippen molar-refractivity contribution in [2.24, 2.45) is 0 Å². The largest absolute Gasteiger partial charge is 0.325 e. The van der Waals surface area contributed by atoms with E-state index in [9.17, 15) is 14.0 Å². The third-order valence-electron chi connectivity index (χ3n) is 5.14. The standard InChI is InChI=1S/C23H29FN4O2/c1-18(2)28(21-6-4-3-5-7-21)23(30)17-27-14-12-26(13-15-27)16-22(29)25-20-10-8-19(24)9-11-20/h3-11,18H,12-17H2,1-2H3,(H,25,29). The second-order valence-electron chi connectivity index (χ2n) is 7.80. The Morgan fingerprint density at radius 3 is 2.07 bits per heavy atom. The summed E-state index contributed by atoms with van der Waals surface area (Å²) >= 11 is 0. The molecule has 0 bridgehead atoms. The van der Waals surface area contributed by atoms with Gasteiger partial charge in [-0.2, -0.15) is 0 Å². The molecule has 0 unspecified atom stereocenters. The monoisotopic (exact) mass is 412 g/mol. The van der Waals surface area contributed by atoms with Crippen LogP contribution in [0.5, 0.6) is 0 Å². The van der Waals surface area contributed by atoms with Crippen LogP contribution < -0.4 is 10.2 Å². The van der Waals surface area contributed by atoms with Gasteiger partial charge in [0.2, 0.25) is 11.8 Å². The molecule has 0 atom stereocenters. The van der Waals surface area contributed by atoms with Gasteiger partial charge in [-0.05, 0) is 50.2 Å². The molecule has 2 aromatic rings. The fourth-order valence-corrected chi connectivity index (χ4v) is 3.63. The van der Waals surface area contributed by atoms with Crippen molar-refractivity contribution in [1.82, 2.24) is 9.80 Å². The number of rotatable bonds is 7. The Morgan fingerprint density at radius 2 is 1.50 bits per heavy atom. The molecular formula is C23H29FN4O2. The van der Waals surface area contributed by atoms with E-state index in [2.05, 4.69) is 15.1 Å². The Balaban J connectivity index is 1.46. The minimum Gasteiger partial charge on any atom is -0.325 e. The lowest BCUT2D eigenvalue weighted by atomic mass is 10.2. The smallest absolute Gasteiger partial charge is 0.241 e. The average Bonchev–Trinajstić information content (AvgIpc) is 2.72. The van der Waals surface area contributed by atoms with E-state index in [0.717, 1.165) is 31.9 Å². The molecule has 1 aliphatic heterocycles. The van der Waals surface area contributed by atoms with Crippen LogP contribution in [0.15, 0.2) is 54.6 Å². The zero-order valence-electron chi connectivity index (χ0n) is 17.6. The van der Waals surface area contributed by atoms with Crippen molar-refractivity contribution in [3.63, 3.8) is 0 Å². The average molecular weight is 413 g/mol. The molecule has 1 N–H and O–H groups in total. The third kappa shape index (κ3) is 6.11. The highest BCUT2D eigenvalue weighted by Crippen LogP contribution is 2.17. The third-order valence-corrected chi connectivity index (χ3v) is 5.14. The van der Waals surface area contributed by atoms with Crippen LogP contribution >= 0.6 is 0 Å². The first kappa shape index (κ1) is 21.9. The zero-order valence-corrected chi connectivity index (χ0v) is 17.6. The van der Waals surface area contributed by atoms with E-state index < -0.39 is 0 Å². The molecule has 0 spiro atoms. The normalized spacial score (nSPS) is 15.2. The number of piperazine rings is 1. The number of benzene rings is 2. The first-order chi connectivity index (χ1) is 14.4. The molecule has 1 saturated heterocycles. The second kappa shape index (κ2) is 10.3. The SMILES string of the molecule is CC(C)N(C(=O)CN1CCN(CC(=O)Nc2ccc(F)cc2)CC1)c1ccccc1. The van der Waals surface area contributed by atoms with Gasteiger partial charge in [-0.3, -0.25) is 19.4 Å². The highest BCUT2D eigenvalue weighted by molar-refractivity contribution is 5.95. The maximum Gasteiger partial charge on any atom is 0.241 e. The zero-order chi connectivity index (χ0) is 21.5. The summed E-state index contributed by atoms with van der Waals surface area (Å²) in [5.41, 5.74) is 1.49. The summed E-state index contributed by atoms with van der Waals surface area (Å²) in [7, 11) is 0. The van der Waals surface area contributed by atoms with Crippen LogP contribution in [0.2, 0.25) is 0 Å². The van der Waals surface area contributed by atoms with Crippen molar-refractivity contribution in [2.45, 2.75) is 19.9 Å². The van der Waals surface area contributed by atoms with Crippen molar-refractivity contribution in [1.29, 1.82) is 0 Å². The molecule has 30 heavy (non-hydrogen) atoms. The van der Waals surface area contributed by atoms with Crippen LogP contribution in [-0.2, 0) is 9.59 Å². The molecule has 0 aliphatic carbocycles. The molecule has 3 rings (SSSR count). The van der Waals surface area contributed by atoms with E-state index in [1.165, 1.54) is 12.1 Å². The fourth-order valence-electron chi connectivity index (χ4n) is 3.63. The van der Waals surface area contributed by atoms with Gasteiger partial charge < -0.3 is 10.2 Å². The molecule has 1 heterocycles. The molecule has 2 aromatic carbocycles. The quantitative estimate of drug-likeness (QED) is 0.760. The van der Waals surface area contributed by atoms with Crippen LogP contribution in [0.3, 0.4) is 0 Å². The van der Waals surface area contributed by atoms with Crippen molar-refractivity contribution in [3.05, 3.63) is 60.4 Å². The van der Waals surface area contributed by atoms with Gasteiger partial charge in [-0.15, -0.1) is 0 Å². The van der Waals surface area contributed by atoms with E-state index >= 15 is 0 Å². The maximum atomic E-state index is 13.0. The second-order valence-corrected chi connectivity index (χ2v) is 7.80. The fraction of sp³-hybridized carbons (Fsp3) is 0.391. The molecule has 0 radical (unpaired) electrons. The molecule has 6 nitrogen and oxygen atoms in total. The number of nitrogens with zero attached hydrogens (tertiary/aromatic N) is 3. The van der Waals surface area contributed by atoms with Gasteiger partial charge in [-0.1, -0.05) is 18.2 Å². The number of hydrogen-bond acceptors (Lipinski definition) is 4. The Bertz CT molecular complexity index is 834. The summed E-state index contributed by atoms with van der Waals surface area (Å²) < 4.78 is 13.0. The Kier molecular flexibility index (Phi) is 7.54. The van der Waals surface area contributed by atoms with E-state index in [1.807, 2.05) is 49.1 Å². The summed E-state index contributed by atoms with van der Waals surface area (Å²) in [6.07, 6.45) is 0. The van der Waals surface area contributed by atoms with Crippen molar-refractivity contribution >= 4 is 23.2 Å². The maximum absolute atomic E-state index is 13.0.